The summed E-state index contributed by atoms with van der Waals surface area (Å²) in [5.74, 6) is 0. The van der Waals surface area contributed by atoms with Crippen molar-refractivity contribution in [2.45, 2.75) is 6.18 Å². The van der Waals surface area contributed by atoms with E-state index < -0.39 is 11.7 Å². The molecule has 4 nitrogen and oxygen atoms in total. The van der Waals surface area contributed by atoms with Crippen LogP contribution < -0.4 is 5.56 Å². The van der Waals surface area contributed by atoms with E-state index in [2.05, 4.69) is 9.97 Å². The number of H-pyrrole nitrogens is 1. The maximum Gasteiger partial charge on any atom is 0.417 e. The maximum absolute atomic E-state index is 12.0. The van der Waals surface area contributed by atoms with Gasteiger partial charge in [0.05, 0.1) is 11.1 Å². The number of rotatable bonds is 0. The minimum Gasteiger partial charge on any atom is -0.329 e. The summed E-state index contributed by atoms with van der Waals surface area (Å²) in [5.41, 5.74) is -1.05. The molecular weight excluding hydrogens is 259 g/mol. The number of nitriles is 1. The molecule has 1 N–H and O–H groups in total. The van der Waals surface area contributed by atoms with Crippen molar-refractivity contribution in [2.24, 2.45) is 0 Å². The quantitative estimate of drug-likeness (QED) is 0.796. The minimum absolute atomic E-state index is 0.0532. The highest BCUT2D eigenvalue weighted by Crippen LogP contribution is 2.28. The third kappa shape index (κ3) is 5.04. The van der Waals surface area contributed by atoms with Gasteiger partial charge in [0.1, 0.15) is 6.07 Å². The number of hydrogen-bond donors (Lipinski definition) is 1. The van der Waals surface area contributed by atoms with Gasteiger partial charge in [-0.15, -0.1) is 0 Å². The summed E-state index contributed by atoms with van der Waals surface area (Å²) in [7, 11) is 0. The lowest BCUT2D eigenvalue weighted by Crippen LogP contribution is -2.05. The predicted octanol–water partition coefficient (Wildman–Crippen LogP) is 2.35. The Hall–Kier alpha value is -2.62. The second-order valence-corrected chi connectivity index (χ2v) is 3.30. The van der Waals surface area contributed by atoms with Crippen molar-refractivity contribution >= 4 is 0 Å². The first-order chi connectivity index (χ1) is 8.93. The van der Waals surface area contributed by atoms with Crippen molar-refractivity contribution in [2.75, 3.05) is 0 Å². The van der Waals surface area contributed by atoms with Crippen LogP contribution in [-0.4, -0.2) is 9.97 Å². The molecule has 2 rings (SSSR count). The Bertz CT molecular complexity index is 611. The van der Waals surface area contributed by atoms with Crippen molar-refractivity contribution in [3.8, 4) is 6.07 Å². The fourth-order valence-electron chi connectivity index (χ4n) is 1.03. The summed E-state index contributed by atoms with van der Waals surface area (Å²) in [4.78, 5) is 16.0. The molecule has 0 aliphatic carbocycles. The van der Waals surface area contributed by atoms with Crippen LogP contribution in [0, 0.1) is 11.3 Å². The molecule has 0 aromatic carbocycles. The molecule has 0 bridgehead atoms. The van der Waals surface area contributed by atoms with Gasteiger partial charge in [-0.2, -0.15) is 18.4 Å². The van der Waals surface area contributed by atoms with Crippen LogP contribution in [-0.2, 0) is 6.18 Å². The standard InChI is InChI=1S/C7H3F3N2.C5H5NO/c8-7(9,10)6-1-5(2-11)3-12-4-6;7-5-3-1-2-4-6-5/h1,3-4H;1-4H,(H,6,7). The van der Waals surface area contributed by atoms with E-state index in [1.165, 1.54) is 6.07 Å². The van der Waals surface area contributed by atoms with Crippen LogP contribution in [0.15, 0.2) is 47.7 Å². The Morgan fingerprint density at radius 3 is 2.42 bits per heavy atom. The molecule has 0 saturated heterocycles. The largest absolute Gasteiger partial charge is 0.417 e. The lowest BCUT2D eigenvalue weighted by atomic mass is 10.2. The summed E-state index contributed by atoms with van der Waals surface area (Å²) < 4.78 is 35.9. The van der Waals surface area contributed by atoms with Gasteiger partial charge in [-0.05, 0) is 12.1 Å². The van der Waals surface area contributed by atoms with Crippen LogP contribution in [0.5, 0.6) is 0 Å². The smallest absolute Gasteiger partial charge is 0.329 e. The zero-order chi connectivity index (χ0) is 14.3. The molecule has 19 heavy (non-hydrogen) atoms. The molecule has 0 aliphatic heterocycles. The van der Waals surface area contributed by atoms with Gasteiger partial charge in [-0.25, -0.2) is 0 Å². The Morgan fingerprint density at radius 1 is 1.26 bits per heavy atom. The number of nitrogens with one attached hydrogen (secondary N) is 1. The summed E-state index contributed by atoms with van der Waals surface area (Å²) in [6.45, 7) is 0. The van der Waals surface area contributed by atoms with Gasteiger partial charge >= 0.3 is 6.18 Å². The number of nitrogens with zero attached hydrogens (tertiary/aromatic N) is 2. The summed E-state index contributed by atoms with van der Waals surface area (Å²) in [5, 5.41) is 8.27. The molecule has 7 heteroatoms. The van der Waals surface area contributed by atoms with Gasteiger partial charge in [-0.1, -0.05) is 6.07 Å². The fraction of sp³-hybridized carbons (Fsp3) is 0.0833. The normalized spacial score (nSPS) is 10.0. The van der Waals surface area contributed by atoms with E-state index in [1.807, 2.05) is 0 Å². The molecule has 2 aromatic heterocycles. The fourth-order valence-corrected chi connectivity index (χ4v) is 1.03. The third-order valence-corrected chi connectivity index (χ3v) is 1.88. The van der Waals surface area contributed by atoms with Crippen LogP contribution in [0.2, 0.25) is 0 Å². The lowest BCUT2D eigenvalue weighted by Gasteiger charge is -2.04. The first-order valence-electron chi connectivity index (χ1n) is 4.99. The Morgan fingerprint density at radius 2 is 2.00 bits per heavy atom. The molecule has 0 saturated carbocycles. The molecule has 0 aliphatic rings. The number of halogens is 3. The van der Waals surface area contributed by atoms with Crippen molar-refractivity contribution in [3.63, 3.8) is 0 Å². The molecule has 0 fully saturated rings. The number of hydrogen-bond acceptors (Lipinski definition) is 3. The number of pyridine rings is 2. The zero-order valence-electron chi connectivity index (χ0n) is 9.48. The molecule has 98 valence electrons. The SMILES string of the molecule is N#Cc1cncc(C(F)(F)F)c1.O=c1cccc[nH]1. The van der Waals surface area contributed by atoms with Crippen molar-refractivity contribution in [3.05, 3.63) is 64.3 Å². The molecule has 0 radical (unpaired) electrons. The van der Waals surface area contributed by atoms with E-state index in [9.17, 15) is 18.0 Å². The van der Waals surface area contributed by atoms with Gasteiger partial charge in [-0.3, -0.25) is 9.78 Å². The minimum atomic E-state index is -4.43. The van der Waals surface area contributed by atoms with Crippen LogP contribution in [0.25, 0.3) is 0 Å². The van der Waals surface area contributed by atoms with E-state index >= 15 is 0 Å². The summed E-state index contributed by atoms with van der Waals surface area (Å²) in [6, 6.07) is 7.26. The monoisotopic (exact) mass is 267 g/mol. The highest BCUT2D eigenvalue weighted by Gasteiger charge is 2.30. The third-order valence-electron chi connectivity index (χ3n) is 1.88. The molecule has 2 heterocycles. The topological polar surface area (TPSA) is 69.5 Å². The Balaban J connectivity index is 0.000000218. The van der Waals surface area contributed by atoms with Crippen molar-refractivity contribution in [1.29, 1.82) is 5.26 Å². The first kappa shape index (κ1) is 14.4. The Labute approximate surface area is 106 Å². The highest BCUT2D eigenvalue weighted by atomic mass is 19.4. The number of aromatic amines is 1. The lowest BCUT2D eigenvalue weighted by molar-refractivity contribution is -0.137. The summed E-state index contributed by atoms with van der Waals surface area (Å²) >= 11 is 0. The van der Waals surface area contributed by atoms with E-state index in [0.29, 0.717) is 6.20 Å². The van der Waals surface area contributed by atoms with Crippen LogP contribution in [0.3, 0.4) is 0 Å². The maximum atomic E-state index is 12.0. The Kier molecular flexibility index (Phi) is 4.83. The summed E-state index contributed by atoms with van der Waals surface area (Å²) in [6.07, 6.45) is -1.07. The number of alkyl halides is 3. The van der Waals surface area contributed by atoms with Gasteiger partial charge in [0.15, 0.2) is 0 Å². The molecule has 0 unspecified atom stereocenters. The van der Waals surface area contributed by atoms with Crippen LogP contribution >= 0.6 is 0 Å². The van der Waals surface area contributed by atoms with E-state index in [4.69, 9.17) is 5.26 Å². The number of aromatic nitrogens is 2. The molecular formula is C12H8F3N3O. The van der Waals surface area contributed by atoms with E-state index in [1.54, 1.807) is 24.4 Å². The van der Waals surface area contributed by atoms with E-state index in [-0.39, 0.29) is 11.1 Å². The average molecular weight is 267 g/mol. The first-order valence-corrected chi connectivity index (χ1v) is 4.99. The molecule has 0 amide bonds. The van der Waals surface area contributed by atoms with Gasteiger partial charge in [0.25, 0.3) is 0 Å². The van der Waals surface area contributed by atoms with Crippen LogP contribution in [0.4, 0.5) is 13.2 Å². The van der Waals surface area contributed by atoms with E-state index in [0.717, 1.165) is 12.3 Å². The van der Waals surface area contributed by atoms with Gasteiger partial charge in [0, 0.05) is 24.7 Å². The van der Waals surface area contributed by atoms with Crippen LogP contribution in [0.1, 0.15) is 11.1 Å². The molecule has 2 aromatic rings. The highest BCUT2D eigenvalue weighted by molar-refractivity contribution is 5.30. The van der Waals surface area contributed by atoms with Gasteiger partial charge < -0.3 is 4.98 Å². The second-order valence-electron chi connectivity index (χ2n) is 3.30. The second kappa shape index (κ2) is 6.35. The zero-order valence-corrected chi connectivity index (χ0v) is 9.48. The van der Waals surface area contributed by atoms with Gasteiger partial charge in [0.2, 0.25) is 5.56 Å². The average Bonchev–Trinajstić information content (AvgIpc) is 2.39. The molecule has 0 atom stereocenters. The predicted molar refractivity (Wildman–Crippen MR) is 61.0 cm³/mol. The molecule has 0 spiro atoms. The van der Waals surface area contributed by atoms with Crippen molar-refractivity contribution in [1.82, 2.24) is 9.97 Å². The van der Waals surface area contributed by atoms with Crippen molar-refractivity contribution < 1.29 is 13.2 Å².